The zero-order valence-corrected chi connectivity index (χ0v) is 8.64. The first-order valence-corrected chi connectivity index (χ1v) is 5.22. The topological polar surface area (TPSA) is 38.3 Å². The van der Waals surface area contributed by atoms with Crippen molar-refractivity contribution >= 4 is 6.09 Å². The lowest BCUT2D eigenvalue weighted by molar-refractivity contribution is 0.160. The Bertz CT molecular complexity index is 235. The van der Waals surface area contributed by atoms with E-state index in [9.17, 15) is 4.79 Å². The van der Waals surface area contributed by atoms with Gasteiger partial charge in [-0.05, 0) is 19.3 Å². The minimum Gasteiger partial charge on any atom is -0.436 e. The van der Waals surface area contributed by atoms with Gasteiger partial charge in [-0.25, -0.2) is 4.79 Å². The van der Waals surface area contributed by atoms with E-state index in [0.717, 1.165) is 12.8 Å². The van der Waals surface area contributed by atoms with Crippen LogP contribution in [0.25, 0.3) is 0 Å². The molecule has 1 N–H and O–H groups in total. The van der Waals surface area contributed by atoms with E-state index < -0.39 is 0 Å². The van der Waals surface area contributed by atoms with Gasteiger partial charge in [0.05, 0.1) is 0 Å². The van der Waals surface area contributed by atoms with Gasteiger partial charge >= 0.3 is 6.09 Å². The molecule has 1 rings (SSSR count). The largest absolute Gasteiger partial charge is 0.436 e. The highest BCUT2D eigenvalue weighted by Gasteiger charge is 2.17. The van der Waals surface area contributed by atoms with Crippen molar-refractivity contribution in [3.63, 3.8) is 0 Å². The van der Waals surface area contributed by atoms with Crippen LogP contribution in [-0.4, -0.2) is 19.2 Å². The summed E-state index contributed by atoms with van der Waals surface area (Å²) >= 11 is 0. The number of ether oxygens (including phenoxy) is 1. The molecule has 3 heteroatoms. The van der Waals surface area contributed by atoms with Gasteiger partial charge in [0, 0.05) is 12.5 Å². The number of carbonyl (C=O) groups is 1. The van der Waals surface area contributed by atoms with Gasteiger partial charge in [0.2, 0.25) is 0 Å². The molecule has 1 aliphatic carbocycles. The molecule has 0 aromatic carbocycles. The molecular weight excluding hydrogens is 178 g/mol. The minimum atomic E-state index is -0.358. The molecule has 0 heterocycles. The first-order chi connectivity index (χ1) is 6.83. The smallest absolute Gasteiger partial charge is 0.408 e. The van der Waals surface area contributed by atoms with E-state index in [1.165, 1.54) is 12.8 Å². The number of unbranched alkanes of at least 4 members (excludes halogenated alkanes) is 1. The van der Waals surface area contributed by atoms with E-state index in [4.69, 9.17) is 4.74 Å². The van der Waals surface area contributed by atoms with Crippen molar-refractivity contribution in [1.29, 1.82) is 0 Å². The molecule has 0 radical (unpaired) electrons. The van der Waals surface area contributed by atoms with Crippen molar-refractivity contribution in [3.8, 4) is 11.8 Å². The third-order valence-electron chi connectivity index (χ3n) is 1.96. The second kappa shape index (κ2) is 6.31. The Hall–Kier alpha value is -1.17. The molecule has 1 aliphatic rings. The van der Waals surface area contributed by atoms with Gasteiger partial charge in [-0.1, -0.05) is 25.2 Å². The lowest BCUT2D eigenvalue weighted by Gasteiger charge is -2.02. The van der Waals surface area contributed by atoms with Gasteiger partial charge in [0.15, 0.2) is 6.61 Å². The Balaban J connectivity index is 1.94. The number of hydrogen-bond acceptors (Lipinski definition) is 2. The van der Waals surface area contributed by atoms with Crippen molar-refractivity contribution in [2.75, 3.05) is 13.2 Å². The van der Waals surface area contributed by atoms with E-state index in [-0.39, 0.29) is 12.7 Å². The minimum absolute atomic E-state index is 0.217. The van der Waals surface area contributed by atoms with E-state index in [0.29, 0.717) is 12.5 Å². The number of hydrogen-bond donors (Lipinski definition) is 1. The van der Waals surface area contributed by atoms with Crippen molar-refractivity contribution in [1.82, 2.24) is 5.32 Å². The van der Waals surface area contributed by atoms with Crippen LogP contribution in [-0.2, 0) is 4.74 Å². The SMILES string of the molecule is CCCCNC(=O)OCC#CC1CC1. The summed E-state index contributed by atoms with van der Waals surface area (Å²) in [6.45, 7) is 2.98. The lowest BCUT2D eigenvalue weighted by atomic mass is 10.3. The summed E-state index contributed by atoms with van der Waals surface area (Å²) in [4.78, 5) is 11.0. The molecule has 0 unspecified atom stereocenters. The fourth-order valence-corrected chi connectivity index (χ4v) is 0.934. The van der Waals surface area contributed by atoms with Crippen LogP contribution in [0.2, 0.25) is 0 Å². The summed E-state index contributed by atoms with van der Waals surface area (Å²) in [6.07, 6.45) is 4.11. The van der Waals surface area contributed by atoms with E-state index in [1.807, 2.05) is 0 Å². The highest BCUT2D eigenvalue weighted by atomic mass is 16.5. The average molecular weight is 195 g/mol. The van der Waals surface area contributed by atoms with Crippen LogP contribution in [0.15, 0.2) is 0 Å². The monoisotopic (exact) mass is 195 g/mol. The van der Waals surface area contributed by atoms with Crippen LogP contribution in [0.4, 0.5) is 4.79 Å². The van der Waals surface area contributed by atoms with Gasteiger partial charge in [-0.2, -0.15) is 0 Å². The third kappa shape index (κ3) is 5.47. The Labute approximate surface area is 85.2 Å². The molecule has 0 saturated heterocycles. The molecule has 0 aliphatic heterocycles. The molecule has 3 nitrogen and oxygen atoms in total. The quantitative estimate of drug-likeness (QED) is 0.550. The summed E-state index contributed by atoms with van der Waals surface area (Å²) < 4.78 is 4.84. The Morgan fingerprint density at radius 1 is 1.57 bits per heavy atom. The molecule has 0 aromatic rings. The first-order valence-electron chi connectivity index (χ1n) is 5.22. The summed E-state index contributed by atoms with van der Waals surface area (Å²) in [7, 11) is 0. The second-order valence-corrected chi connectivity index (χ2v) is 3.45. The maximum atomic E-state index is 11.0. The van der Waals surface area contributed by atoms with Gasteiger partial charge in [0.1, 0.15) is 0 Å². The summed E-state index contributed by atoms with van der Waals surface area (Å²) in [5.41, 5.74) is 0. The van der Waals surface area contributed by atoms with E-state index in [2.05, 4.69) is 24.1 Å². The molecule has 14 heavy (non-hydrogen) atoms. The van der Waals surface area contributed by atoms with Crippen LogP contribution in [0.3, 0.4) is 0 Å². The molecule has 78 valence electrons. The van der Waals surface area contributed by atoms with Gasteiger partial charge < -0.3 is 10.1 Å². The number of alkyl carbamates (subject to hydrolysis) is 1. The maximum absolute atomic E-state index is 11.0. The third-order valence-corrected chi connectivity index (χ3v) is 1.96. The molecule has 1 amide bonds. The standard InChI is InChI=1S/C11H17NO2/c1-2-3-8-12-11(13)14-9-4-5-10-6-7-10/h10H,2-3,6-9H2,1H3,(H,12,13). The van der Waals surface area contributed by atoms with Crippen molar-refractivity contribution in [2.45, 2.75) is 32.6 Å². The van der Waals surface area contributed by atoms with Gasteiger partial charge in [-0.15, -0.1) is 0 Å². The number of amides is 1. The van der Waals surface area contributed by atoms with Crippen LogP contribution >= 0.6 is 0 Å². The number of nitrogens with one attached hydrogen (secondary N) is 1. The highest BCUT2D eigenvalue weighted by molar-refractivity contribution is 5.67. The molecule has 1 saturated carbocycles. The molecule has 0 atom stereocenters. The summed E-state index contributed by atoms with van der Waals surface area (Å²) in [5.74, 6) is 6.43. The second-order valence-electron chi connectivity index (χ2n) is 3.45. The lowest BCUT2D eigenvalue weighted by Crippen LogP contribution is -2.25. The van der Waals surface area contributed by atoms with Crippen LogP contribution < -0.4 is 5.32 Å². The first kappa shape index (κ1) is 10.9. The zero-order valence-electron chi connectivity index (χ0n) is 8.64. The molecular formula is C11H17NO2. The van der Waals surface area contributed by atoms with E-state index >= 15 is 0 Å². The van der Waals surface area contributed by atoms with Crippen LogP contribution in [0.1, 0.15) is 32.6 Å². The summed E-state index contributed by atoms with van der Waals surface area (Å²) in [5, 5.41) is 2.66. The van der Waals surface area contributed by atoms with Crippen molar-refractivity contribution in [2.24, 2.45) is 5.92 Å². The zero-order chi connectivity index (χ0) is 10.2. The van der Waals surface area contributed by atoms with E-state index in [1.54, 1.807) is 0 Å². The van der Waals surface area contributed by atoms with Crippen LogP contribution in [0, 0.1) is 17.8 Å². The predicted molar refractivity (Wildman–Crippen MR) is 54.8 cm³/mol. The molecule has 1 fully saturated rings. The fraction of sp³-hybridized carbons (Fsp3) is 0.727. The molecule has 0 aromatic heterocycles. The van der Waals surface area contributed by atoms with Crippen molar-refractivity contribution < 1.29 is 9.53 Å². The predicted octanol–water partition coefficient (Wildman–Crippen LogP) is 1.93. The normalized spacial score (nSPS) is 14.1. The fourth-order valence-electron chi connectivity index (χ4n) is 0.934. The van der Waals surface area contributed by atoms with Gasteiger partial charge in [0.25, 0.3) is 0 Å². The number of rotatable bonds is 4. The van der Waals surface area contributed by atoms with Crippen LogP contribution in [0.5, 0.6) is 0 Å². The van der Waals surface area contributed by atoms with Crippen molar-refractivity contribution in [3.05, 3.63) is 0 Å². The Morgan fingerprint density at radius 3 is 3.00 bits per heavy atom. The highest BCUT2D eigenvalue weighted by Crippen LogP contribution is 2.27. The average Bonchev–Trinajstić information content (AvgIpc) is 2.97. The Kier molecular flexibility index (Phi) is 4.92. The summed E-state index contributed by atoms with van der Waals surface area (Å²) in [6, 6.07) is 0. The molecule has 0 bridgehead atoms. The van der Waals surface area contributed by atoms with Gasteiger partial charge in [-0.3, -0.25) is 0 Å². The Morgan fingerprint density at radius 2 is 2.36 bits per heavy atom. The number of carbonyl (C=O) groups excluding carboxylic acids is 1. The molecule has 0 spiro atoms. The maximum Gasteiger partial charge on any atom is 0.408 e.